The summed E-state index contributed by atoms with van der Waals surface area (Å²) in [6.07, 6.45) is 0. The molecule has 0 aliphatic carbocycles. The molecule has 1 N–H and O–H groups in total. The number of halogens is 1. The van der Waals surface area contributed by atoms with Crippen LogP contribution in [-0.2, 0) is 14.3 Å². The van der Waals surface area contributed by atoms with Crippen molar-refractivity contribution in [2.75, 3.05) is 18.5 Å². The highest BCUT2D eigenvalue weighted by Crippen LogP contribution is 2.16. The second kappa shape index (κ2) is 8.84. The van der Waals surface area contributed by atoms with Gasteiger partial charge in [0.25, 0.3) is 5.91 Å². The average molecular weight is 362 g/mol. The molecule has 0 atom stereocenters. The zero-order valence-electron chi connectivity index (χ0n) is 13.5. The largest absolute Gasteiger partial charge is 0.482 e. The molecule has 1 amide bonds. The molecule has 7 heteroatoms. The van der Waals surface area contributed by atoms with Gasteiger partial charge in [0.1, 0.15) is 5.75 Å². The molecule has 25 heavy (non-hydrogen) atoms. The Kier molecular flexibility index (Phi) is 6.54. The van der Waals surface area contributed by atoms with Crippen molar-refractivity contribution in [2.24, 2.45) is 0 Å². The van der Waals surface area contributed by atoms with Crippen molar-refractivity contribution < 1.29 is 23.9 Å². The first-order valence-electron chi connectivity index (χ1n) is 7.39. The Labute approximate surface area is 149 Å². The molecule has 0 saturated heterocycles. The van der Waals surface area contributed by atoms with Crippen LogP contribution in [-0.4, -0.2) is 30.9 Å². The predicted octanol–water partition coefficient (Wildman–Crippen LogP) is 3.10. The van der Waals surface area contributed by atoms with Crippen LogP contribution in [0.1, 0.15) is 17.3 Å². The molecule has 0 unspecified atom stereocenters. The molecule has 0 fully saturated rings. The number of esters is 1. The summed E-state index contributed by atoms with van der Waals surface area (Å²) in [5.41, 5.74) is 0.752. The van der Waals surface area contributed by atoms with Crippen LogP contribution in [0.2, 0.25) is 5.02 Å². The second-order valence-corrected chi connectivity index (χ2v) is 5.49. The Bertz CT molecular complexity index is 773. The van der Waals surface area contributed by atoms with Crippen molar-refractivity contribution in [3.63, 3.8) is 0 Å². The number of rotatable bonds is 7. The molecule has 0 bridgehead atoms. The normalized spacial score (nSPS) is 10.0. The van der Waals surface area contributed by atoms with E-state index in [2.05, 4.69) is 5.32 Å². The molecular formula is C18H16ClNO5. The first-order chi connectivity index (χ1) is 12.0. The summed E-state index contributed by atoms with van der Waals surface area (Å²) in [5.74, 6) is -0.955. The summed E-state index contributed by atoms with van der Waals surface area (Å²) in [6, 6.07) is 13.1. The monoisotopic (exact) mass is 361 g/mol. The van der Waals surface area contributed by atoms with Crippen molar-refractivity contribution >= 4 is 34.9 Å². The third kappa shape index (κ3) is 5.93. The Hall–Kier alpha value is -2.86. The molecule has 130 valence electrons. The van der Waals surface area contributed by atoms with Crippen LogP contribution in [0.15, 0.2) is 48.5 Å². The minimum absolute atomic E-state index is 0.177. The van der Waals surface area contributed by atoms with Gasteiger partial charge in [-0.15, -0.1) is 0 Å². The van der Waals surface area contributed by atoms with Gasteiger partial charge >= 0.3 is 5.97 Å². The molecule has 0 saturated carbocycles. The van der Waals surface area contributed by atoms with Gasteiger partial charge in [-0.1, -0.05) is 23.7 Å². The van der Waals surface area contributed by atoms with E-state index >= 15 is 0 Å². The predicted molar refractivity (Wildman–Crippen MR) is 93.0 cm³/mol. The summed E-state index contributed by atoms with van der Waals surface area (Å²) in [6.45, 7) is 0.590. The molecular weight excluding hydrogens is 346 g/mol. The maximum absolute atomic E-state index is 11.8. The lowest BCUT2D eigenvalue weighted by Gasteiger charge is -2.10. The van der Waals surface area contributed by atoms with Gasteiger partial charge < -0.3 is 14.8 Å². The number of para-hydroxylation sites is 1. The van der Waals surface area contributed by atoms with Crippen molar-refractivity contribution in [2.45, 2.75) is 6.92 Å². The standard InChI is InChI=1S/C18H16ClNO5/c1-12(21)15-4-2-3-5-16(15)20-17(22)10-25-18(23)11-24-14-8-6-13(19)7-9-14/h2-9H,10-11H2,1H3,(H,20,22). The fourth-order valence-electron chi connectivity index (χ4n) is 1.95. The molecule has 0 radical (unpaired) electrons. The van der Waals surface area contributed by atoms with Gasteiger partial charge in [0.15, 0.2) is 19.0 Å². The van der Waals surface area contributed by atoms with E-state index in [0.29, 0.717) is 22.0 Å². The van der Waals surface area contributed by atoms with Crippen LogP contribution in [0.4, 0.5) is 5.69 Å². The molecule has 2 aromatic rings. The van der Waals surface area contributed by atoms with Crippen molar-refractivity contribution in [1.82, 2.24) is 0 Å². The summed E-state index contributed by atoms with van der Waals surface area (Å²) in [7, 11) is 0. The van der Waals surface area contributed by atoms with E-state index in [-0.39, 0.29) is 12.4 Å². The minimum Gasteiger partial charge on any atom is -0.482 e. The Morgan fingerprint density at radius 3 is 2.36 bits per heavy atom. The Morgan fingerprint density at radius 2 is 1.68 bits per heavy atom. The average Bonchev–Trinajstić information content (AvgIpc) is 2.59. The van der Waals surface area contributed by atoms with Crippen LogP contribution < -0.4 is 10.1 Å². The first kappa shape index (κ1) is 18.5. The lowest BCUT2D eigenvalue weighted by molar-refractivity contribution is -0.149. The van der Waals surface area contributed by atoms with Crippen LogP contribution in [0.5, 0.6) is 5.75 Å². The van der Waals surface area contributed by atoms with E-state index in [1.807, 2.05) is 0 Å². The number of amides is 1. The van der Waals surface area contributed by atoms with E-state index in [4.69, 9.17) is 21.1 Å². The molecule has 6 nitrogen and oxygen atoms in total. The number of benzene rings is 2. The lowest BCUT2D eigenvalue weighted by Crippen LogP contribution is -2.24. The number of ketones is 1. The number of carbonyl (C=O) groups is 3. The highest BCUT2D eigenvalue weighted by atomic mass is 35.5. The fraction of sp³-hybridized carbons (Fsp3) is 0.167. The third-order valence-corrected chi connectivity index (χ3v) is 3.37. The summed E-state index contributed by atoms with van der Waals surface area (Å²) >= 11 is 5.74. The number of ether oxygens (including phenoxy) is 2. The lowest BCUT2D eigenvalue weighted by atomic mass is 10.1. The maximum atomic E-state index is 11.8. The number of Topliss-reactive ketones (excluding diaryl/α,β-unsaturated/α-hetero) is 1. The van der Waals surface area contributed by atoms with Gasteiger partial charge in [0, 0.05) is 10.6 Å². The number of hydrogen-bond acceptors (Lipinski definition) is 5. The Balaban J connectivity index is 1.79. The van der Waals surface area contributed by atoms with Crippen LogP contribution in [0.3, 0.4) is 0 Å². The first-order valence-corrected chi connectivity index (χ1v) is 7.77. The zero-order valence-corrected chi connectivity index (χ0v) is 14.2. The Morgan fingerprint density at radius 1 is 1.00 bits per heavy atom. The molecule has 2 aromatic carbocycles. The van der Waals surface area contributed by atoms with E-state index in [9.17, 15) is 14.4 Å². The summed E-state index contributed by atoms with van der Waals surface area (Å²) in [4.78, 5) is 34.9. The fourth-order valence-corrected chi connectivity index (χ4v) is 2.07. The highest BCUT2D eigenvalue weighted by molar-refractivity contribution is 6.30. The SMILES string of the molecule is CC(=O)c1ccccc1NC(=O)COC(=O)COc1ccc(Cl)cc1. The van der Waals surface area contributed by atoms with Crippen molar-refractivity contribution in [3.8, 4) is 5.75 Å². The number of hydrogen-bond donors (Lipinski definition) is 1. The van der Waals surface area contributed by atoms with Gasteiger partial charge in [0.2, 0.25) is 0 Å². The van der Waals surface area contributed by atoms with Crippen LogP contribution >= 0.6 is 11.6 Å². The van der Waals surface area contributed by atoms with Gasteiger partial charge in [-0.2, -0.15) is 0 Å². The number of carbonyl (C=O) groups excluding carboxylic acids is 3. The van der Waals surface area contributed by atoms with E-state index in [0.717, 1.165) is 0 Å². The van der Waals surface area contributed by atoms with Gasteiger partial charge in [-0.25, -0.2) is 4.79 Å². The number of nitrogens with one attached hydrogen (secondary N) is 1. The van der Waals surface area contributed by atoms with Gasteiger partial charge in [-0.3, -0.25) is 9.59 Å². The quantitative estimate of drug-likeness (QED) is 0.605. The number of anilines is 1. The highest BCUT2D eigenvalue weighted by Gasteiger charge is 2.12. The second-order valence-electron chi connectivity index (χ2n) is 5.05. The summed E-state index contributed by atoms with van der Waals surface area (Å²) < 4.78 is 10.0. The van der Waals surface area contributed by atoms with Gasteiger partial charge in [0.05, 0.1) is 5.69 Å². The van der Waals surface area contributed by atoms with Gasteiger partial charge in [-0.05, 0) is 43.3 Å². The van der Waals surface area contributed by atoms with Crippen LogP contribution in [0, 0.1) is 0 Å². The molecule has 0 aliphatic rings. The van der Waals surface area contributed by atoms with E-state index in [1.165, 1.54) is 6.92 Å². The van der Waals surface area contributed by atoms with E-state index < -0.39 is 18.5 Å². The smallest absolute Gasteiger partial charge is 0.344 e. The molecule has 0 aliphatic heterocycles. The van der Waals surface area contributed by atoms with Crippen molar-refractivity contribution in [3.05, 3.63) is 59.1 Å². The minimum atomic E-state index is -0.690. The third-order valence-electron chi connectivity index (χ3n) is 3.12. The maximum Gasteiger partial charge on any atom is 0.344 e. The molecule has 0 heterocycles. The molecule has 0 spiro atoms. The van der Waals surface area contributed by atoms with E-state index in [1.54, 1.807) is 48.5 Å². The zero-order chi connectivity index (χ0) is 18.2. The van der Waals surface area contributed by atoms with Crippen LogP contribution in [0.25, 0.3) is 0 Å². The van der Waals surface area contributed by atoms with Crippen molar-refractivity contribution in [1.29, 1.82) is 0 Å². The topological polar surface area (TPSA) is 81.7 Å². The molecule has 0 aromatic heterocycles. The summed E-state index contributed by atoms with van der Waals surface area (Å²) in [5, 5.41) is 3.09. The molecule has 2 rings (SSSR count).